The highest BCUT2D eigenvalue weighted by Gasteiger charge is 2.39. The monoisotopic (exact) mass is 419 g/mol. The van der Waals surface area contributed by atoms with Crippen LogP contribution < -0.4 is 5.19 Å². The van der Waals surface area contributed by atoms with Gasteiger partial charge >= 0.3 is 12.1 Å². The van der Waals surface area contributed by atoms with E-state index in [9.17, 15) is 9.59 Å². The van der Waals surface area contributed by atoms with Gasteiger partial charge in [0.2, 0.25) is 0 Å². The standard InChI is InChI=1S/C23H37NO4Si/c1-10-18(29(8,9)19-14-12-11-13-15-19)16-24(22(26)28-23(4,5)6)20(17(2)3)21(25)27-7/h10-15,17,20H,16H2,1-9H3/b18-10-. The first kappa shape index (κ1) is 25.0. The van der Waals surface area contributed by atoms with E-state index < -0.39 is 31.8 Å². The number of hydrogen-bond donors (Lipinski definition) is 0. The number of rotatable bonds is 7. The molecule has 29 heavy (non-hydrogen) atoms. The van der Waals surface area contributed by atoms with Gasteiger partial charge in [-0.15, -0.1) is 0 Å². The van der Waals surface area contributed by atoms with Gasteiger partial charge in [0, 0.05) is 6.54 Å². The lowest BCUT2D eigenvalue weighted by atomic mass is 10.0. The van der Waals surface area contributed by atoms with Crippen molar-refractivity contribution in [2.45, 2.75) is 66.3 Å². The van der Waals surface area contributed by atoms with E-state index in [2.05, 4.69) is 31.3 Å². The van der Waals surface area contributed by atoms with Gasteiger partial charge in [-0.25, -0.2) is 9.59 Å². The molecule has 0 aromatic heterocycles. The molecule has 162 valence electrons. The van der Waals surface area contributed by atoms with Gasteiger partial charge in [0.25, 0.3) is 0 Å². The van der Waals surface area contributed by atoms with Crippen molar-refractivity contribution < 1.29 is 19.1 Å². The first-order valence-corrected chi connectivity index (χ1v) is 13.1. The average molecular weight is 420 g/mol. The lowest BCUT2D eigenvalue weighted by molar-refractivity contribution is -0.148. The van der Waals surface area contributed by atoms with E-state index in [0.717, 1.165) is 5.20 Å². The highest BCUT2D eigenvalue weighted by molar-refractivity contribution is 6.95. The van der Waals surface area contributed by atoms with E-state index in [4.69, 9.17) is 9.47 Å². The molecule has 1 rings (SSSR count). The van der Waals surface area contributed by atoms with E-state index in [1.54, 1.807) is 0 Å². The number of hydrogen-bond acceptors (Lipinski definition) is 4. The largest absolute Gasteiger partial charge is 0.467 e. The van der Waals surface area contributed by atoms with Gasteiger partial charge < -0.3 is 9.47 Å². The zero-order valence-electron chi connectivity index (χ0n) is 19.4. The summed E-state index contributed by atoms with van der Waals surface area (Å²) in [5.74, 6) is -0.546. The fourth-order valence-electron chi connectivity index (χ4n) is 3.35. The third kappa shape index (κ3) is 6.73. The molecule has 0 saturated heterocycles. The van der Waals surface area contributed by atoms with Crippen molar-refractivity contribution in [3.05, 3.63) is 41.6 Å². The molecule has 0 radical (unpaired) electrons. The summed E-state index contributed by atoms with van der Waals surface area (Å²) in [5.41, 5.74) is -0.657. The van der Waals surface area contributed by atoms with Crippen molar-refractivity contribution in [2.24, 2.45) is 5.92 Å². The Morgan fingerprint density at radius 2 is 1.69 bits per heavy atom. The predicted octanol–water partition coefficient (Wildman–Crippen LogP) is 4.52. The summed E-state index contributed by atoms with van der Waals surface area (Å²) in [6.45, 7) is 16.1. The van der Waals surface area contributed by atoms with E-state index >= 15 is 0 Å². The quantitative estimate of drug-likeness (QED) is 0.481. The Morgan fingerprint density at radius 1 is 1.14 bits per heavy atom. The topological polar surface area (TPSA) is 55.8 Å². The van der Waals surface area contributed by atoms with Gasteiger partial charge in [-0.1, -0.05) is 73.7 Å². The summed E-state index contributed by atoms with van der Waals surface area (Å²) in [4.78, 5) is 27.2. The van der Waals surface area contributed by atoms with E-state index in [1.165, 1.54) is 17.2 Å². The Balaban J connectivity index is 3.37. The summed E-state index contributed by atoms with van der Waals surface area (Å²) in [6.07, 6.45) is 1.57. The predicted molar refractivity (Wildman–Crippen MR) is 121 cm³/mol. The molecule has 1 aromatic rings. The molecule has 1 unspecified atom stereocenters. The third-order valence-corrected chi connectivity index (χ3v) is 8.85. The van der Waals surface area contributed by atoms with Crippen LogP contribution in [-0.4, -0.2) is 50.3 Å². The van der Waals surface area contributed by atoms with Crippen molar-refractivity contribution >= 4 is 25.3 Å². The van der Waals surface area contributed by atoms with E-state index in [1.807, 2.05) is 59.7 Å². The van der Waals surface area contributed by atoms with Gasteiger partial charge in [-0.2, -0.15) is 0 Å². The molecular formula is C23H37NO4Si. The molecule has 0 aliphatic heterocycles. The van der Waals surface area contributed by atoms with Crippen LogP contribution >= 0.6 is 0 Å². The molecule has 1 amide bonds. The maximum Gasteiger partial charge on any atom is 0.411 e. The SMILES string of the molecule is C/C=C(/CN(C(=O)OC(C)(C)C)C(C(=O)OC)C(C)C)[Si](C)(C)c1ccccc1. The fraction of sp³-hybridized carbons (Fsp3) is 0.565. The smallest absolute Gasteiger partial charge is 0.411 e. The molecule has 0 fully saturated rings. The van der Waals surface area contributed by atoms with Crippen molar-refractivity contribution in [1.29, 1.82) is 0 Å². The average Bonchev–Trinajstić information content (AvgIpc) is 2.63. The number of carbonyl (C=O) groups is 2. The number of benzene rings is 1. The summed E-state index contributed by atoms with van der Waals surface area (Å²) in [5, 5.41) is 2.43. The molecule has 0 aliphatic rings. The van der Waals surface area contributed by atoms with Crippen LogP contribution in [0.1, 0.15) is 41.5 Å². The summed E-state index contributed by atoms with van der Waals surface area (Å²) in [6, 6.07) is 9.62. The van der Waals surface area contributed by atoms with E-state index in [0.29, 0.717) is 6.54 Å². The Morgan fingerprint density at radius 3 is 2.10 bits per heavy atom. The highest BCUT2D eigenvalue weighted by Crippen LogP contribution is 2.23. The Bertz CT molecular complexity index is 720. The maximum absolute atomic E-state index is 13.1. The van der Waals surface area contributed by atoms with Crippen LogP contribution in [0.3, 0.4) is 0 Å². The minimum absolute atomic E-state index is 0.116. The second-order valence-corrected chi connectivity index (χ2v) is 13.6. The maximum atomic E-state index is 13.1. The van der Waals surface area contributed by atoms with E-state index in [-0.39, 0.29) is 5.92 Å². The Labute approximate surface area is 177 Å². The summed E-state index contributed by atoms with van der Waals surface area (Å²) >= 11 is 0. The number of methoxy groups -OCH3 is 1. The molecule has 6 heteroatoms. The minimum atomic E-state index is -2.04. The van der Waals surface area contributed by atoms with Crippen LogP contribution in [0, 0.1) is 5.92 Å². The normalized spacial score (nSPS) is 13.8. The summed E-state index contributed by atoms with van der Waals surface area (Å²) in [7, 11) is -0.691. The van der Waals surface area contributed by atoms with Crippen molar-refractivity contribution in [1.82, 2.24) is 4.90 Å². The summed E-state index contributed by atoms with van der Waals surface area (Å²) < 4.78 is 10.7. The van der Waals surface area contributed by atoms with Crippen LogP contribution in [-0.2, 0) is 14.3 Å². The lowest BCUT2D eigenvalue weighted by Gasteiger charge is -2.37. The van der Waals surface area contributed by atoms with Crippen LogP contribution in [0.15, 0.2) is 41.6 Å². The number of allylic oxidation sites excluding steroid dienone is 1. The molecule has 5 nitrogen and oxygen atoms in total. The first-order valence-electron chi connectivity index (χ1n) is 10.1. The molecule has 0 heterocycles. The molecule has 1 atom stereocenters. The van der Waals surface area contributed by atoms with Gasteiger partial charge in [0.15, 0.2) is 0 Å². The third-order valence-electron chi connectivity index (χ3n) is 5.03. The number of nitrogens with zero attached hydrogens (tertiary/aromatic N) is 1. The number of carbonyl (C=O) groups excluding carboxylic acids is 2. The minimum Gasteiger partial charge on any atom is -0.467 e. The molecule has 0 saturated carbocycles. The van der Waals surface area contributed by atoms with Crippen LogP contribution in [0.25, 0.3) is 0 Å². The van der Waals surface area contributed by atoms with Crippen molar-refractivity contribution in [2.75, 3.05) is 13.7 Å². The van der Waals surface area contributed by atoms with Crippen LogP contribution in [0.5, 0.6) is 0 Å². The van der Waals surface area contributed by atoms with Crippen LogP contribution in [0.2, 0.25) is 13.1 Å². The lowest BCUT2D eigenvalue weighted by Crippen LogP contribution is -2.54. The second-order valence-electron chi connectivity index (χ2n) is 9.13. The molecule has 1 aromatic carbocycles. The molecule has 0 spiro atoms. The fourth-order valence-corrected chi connectivity index (χ4v) is 6.03. The van der Waals surface area contributed by atoms with Gasteiger partial charge in [0.05, 0.1) is 7.11 Å². The Kier molecular flexibility index (Phi) is 8.69. The first-order chi connectivity index (χ1) is 13.3. The molecular weight excluding hydrogens is 382 g/mol. The zero-order chi connectivity index (χ0) is 22.4. The number of esters is 1. The van der Waals surface area contributed by atoms with Crippen molar-refractivity contribution in [3.8, 4) is 0 Å². The van der Waals surface area contributed by atoms with Gasteiger partial charge in [-0.3, -0.25) is 4.90 Å². The highest BCUT2D eigenvalue weighted by atomic mass is 28.3. The number of ether oxygens (including phenoxy) is 2. The van der Waals surface area contributed by atoms with Crippen LogP contribution in [0.4, 0.5) is 4.79 Å². The Hall–Kier alpha value is -2.08. The van der Waals surface area contributed by atoms with Gasteiger partial charge in [0.1, 0.15) is 19.7 Å². The number of amides is 1. The van der Waals surface area contributed by atoms with Crippen molar-refractivity contribution in [3.63, 3.8) is 0 Å². The van der Waals surface area contributed by atoms with Gasteiger partial charge in [-0.05, 0) is 33.6 Å². The molecule has 0 N–H and O–H groups in total. The molecule has 0 bridgehead atoms. The second kappa shape index (κ2) is 10.1. The zero-order valence-corrected chi connectivity index (χ0v) is 20.4. The molecule has 0 aliphatic carbocycles.